The van der Waals surface area contributed by atoms with Crippen LogP contribution in [0.5, 0.6) is 0 Å². The predicted octanol–water partition coefficient (Wildman–Crippen LogP) is 0.799. The van der Waals surface area contributed by atoms with Gasteiger partial charge in [-0.15, -0.1) is 0 Å². The lowest BCUT2D eigenvalue weighted by Gasteiger charge is -2.07. The third kappa shape index (κ3) is 2.16. The van der Waals surface area contributed by atoms with Gasteiger partial charge in [0.25, 0.3) is 0 Å². The molecule has 1 atom stereocenters. The molecular formula is C6H13NOS. The molecule has 0 aliphatic carbocycles. The summed E-state index contributed by atoms with van der Waals surface area (Å²) < 4.78 is 4.74. The zero-order valence-corrected chi connectivity index (χ0v) is 6.60. The molecule has 1 aliphatic heterocycles. The van der Waals surface area contributed by atoms with Gasteiger partial charge in [-0.05, 0) is 38.8 Å². The van der Waals surface area contributed by atoms with Gasteiger partial charge in [0.2, 0.25) is 0 Å². The van der Waals surface area contributed by atoms with Gasteiger partial charge in [0.1, 0.15) is 0 Å². The van der Waals surface area contributed by atoms with Gasteiger partial charge < -0.3 is 9.08 Å². The number of hydrogen-bond donors (Lipinski definition) is 1. The molecule has 1 heterocycles. The molecule has 0 spiro atoms. The van der Waals surface area contributed by atoms with E-state index >= 15 is 0 Å². The molecule has 0 bridgehead atoms. The van der Waals surface area contributed by atoms with E-state index < -0.39 is 0 Å². The summed E-state index contributed by atoms with van der Waals surface area (Å²) in [6.45, 7) is 3.18. The standard InChI is InChI=1S/C6H13NOS/c1-7-3-2-6(4-7)5-8-9/h6,9H,2-5H2,1H3. The third-order valence-electron chi connectivity index (χ3n) is 1.80. The average molecular weight is 147 g/mol. The largest absolute Gasteiger partial charge is 0.318 e. The minimum absolute atomic E-state index is 0.715. The minimum Gasteiger partial charge on any atom is -0.318 e. The average Bonchev–Trinajstić information content (AvgIpc) is 2.17. The molecule has 0 radical (unpaired) electrons. The zero-order chi connectivity index (χ0) is 6.69. The van der Waals surface area contributed by atoms with Crippen molar-refractivity contribution >= 4 is 12.9 Å². The molecule has 0 saturated carbocycles. The van der Waals surface area contributed by atoms with Crippen LogP contribution in [-0.4, -0.2) is 31.6 Å². The van der Waals surface area contributed by atoms with Crippen molar-refractivity contribution in [2.45, 2.75) is 6.42 Å². The molecule has 0 aromatic heterocycles. The van der Waals surface area contributed by atoms with E-state index in [0.29, 0.717) is 5.92 Å². The number of rotatable bonds is 2. The molecule has 9 heavy (non-hydrogen) atoms. The van der Waals surface area contributed by atoms with Crippen LogP contribution in [0.1, 0.15) is 6.42 Å². The van der Waals surface area contributed by atoms with Gasteiger partial charge in [-0.25, -0.2) is 0 Å². The highest BCUT2D eigenvalue weighted by Gasteiger charge is 2.18. The summed E-state index contributed by atoms with van der Waals surface area (Å²) in [5, 5.41) is 0. The van der Waals surface area contributed by atoms with Crippen molar-refractivity contribution in [3.05, 3.63) is 0 Å². The number of hydrogen-bond acceptors (Lipinski definition) is 3. The van der Waals surface area contributed by atoms with Crippen LogP contribution in [0.4, 0.5) is 0 Å². The highest BCUT2D eigenvalue weighted by atomic mass is 32.1. The van der Waals surface area contributed by atoms with Gasteiger partial charge in [-0.2, -0.15) is 0 Å². The lowest BCUT2D eigenvalue weighted by atomic mass is 10.1. The first-order valence-corrected chi connectivity index (χ1v) is 3.64. The number of nitrogens with zero attached hydrogens (tertiary/aromatic N) is 1. The molecule has 3 heteroatoms. The second-order valence-corrected chi connectivity index (χ2v) is 2.97. The van der Waals surface area contributed by atoms with Crippen molar-refractivity contribution in [1.82, 2.24) is 4.90 Å². The van der Waals surface area contributed by atoms with Crippen molar-refractivity contribution in [3.8, 4) is 0 Å². The third-order valence-corrected chi connectivity index (χ3v) is 1.95. The fraction of sp³-hybridized carbons (Fsp3) is 1.00. The Hall–Kier alpha value is 0.270. The Bertz CT molecular complexity index is 87.1. The molecule has 1 saturated heterocycles. The molecule has 2 nitrogen and oxygen atoms in total. The van der Waals surface area contributed by atoms with Gasteiger partial charge >= 0.3 is 0 Å². The quantitative estimate of drug-likeness (QED) is 0.458. The maximum absolute atomic E-state index is 4.74. The Balaban J connectivity index is 2.14. The van der Waals surface area contributed by atoms with E-state index in [0.717, 1.165) is 6.61 Å². The first-order chi connectivity index (χ1) is 4.33. The molecular weight excluding hydrogens is 134 g/mol. The van der Waals surface area contributed by atoms with Crippen molar-refractivity contribution in [3.63, 3.8) is 0 Å². The molecule has 0 amide bonds. The molecule has 54 valence electrons. The van der Waals surface area contributed by atoms with E-state index in [2.05, 4.69) is 24.9 Å². The fourth-order valence-corrected chi connectivity index (χ4v) is 1.48. The topological polar surface area (TPSA) is 12.5 Å². The van der Waals surface area contributed by atoms with E-state index in [9.17, 15) is 0 Å². The summed E-state index contributed by atoms with van der Waals surface area (Å²) in [4.78, 5) is 2.32. The van der Waals surface area contributed by atoms with Crippen molar-refractivity contribution < 1.29 is 4.18 Å². The second kappa shape index (κ2) is 3.44. The smallest absolute Gasteiger partial charge is 0.0651 e. The lowest BCUT2D eigenvalue weighted by molar-refractivity contribution is 0.288. The Morgan fingerprint density at radius 3 is 3.00 bits per heavy atom. The fourth-order valence-electron chi connectivity index (χ4n) is 1.27. The number of thiol groups is 1. The highest BCUT2D eigenvalue weighted by molar-refractivity contribution is 7.75. The van der Waals surface area contributed by atoms with Gasteiger partial charge in [-0.3, -0.25) is 0 Å². The molecule has 1 unspecified atom stereocenters. The number of likely N-dealkylation sites (tertiary alicyclic amines) is 1. The van der Waals surface area contributed by atoms with Crippen LogP contribution in [0.15, 0.2) is 0 Å². The molecule has 0 N–H and O–H groups in total. The summed E-state index contributed by atoms with van der Waals surface area (Å²) in [6.07, 6.45) is 1.26. The van der Waals surface area contributed by atoms with Crippen molar-refractivity contribution in [1.29, 1.82) is 0 Å². The molecule has 0 aromatic carbocycles. The molecule has 1 aliphatic rings. The van der Waals surface area contributed by atoms with Crippen LogP contribution >= 0.6 is 12.9 Å². The van der Waals surface area contributed by atoms with Crippen molar-refractivity contribution in [2.24, 2.45) is 5.92 Å². The summed E-state index contributed by atoms with van der Waals surface area (Å²) in [6, 6.07) is 0. The normalized spacial score (nSPS) is 29.3. The maximum Gasteiger partial charge on any atom is 0.0651 e. The van der Waals surface area contributed by atoms with E-state index in [4.69, 9.17) is 4.18 Å². The molecule has 0 aromatic rings. The van der Waals surface area contributed by atoms with Crippen LogP contribution in [0.2, 0.25) is 0 Å². The van der Waals surface area contributed by atoms with Crippen LogP contribution in [-0.2, 0) is 4.18 Å². The SMILES string of the molecule is CN1CCC(COS)C1. The maximum atomic E-state index is 4.74. The van der Waals surface area contributed by atoms with Gasteiger partial charge in [0.05, 0.1) is 6.61 Å². The monoisotopic (exact) mass is 147 g/mol. The predicted molar refractivity (Wildman–Crippen MR) is 40.5 cm³/mol. The lowest BCUT2D eigenvalue weighted by Crippen LogP contribution is -2.15. The van der Waals surface area contributed by atoms with Crippen LogP contribution in [0.25, 0.3) is 0 Å². The highest BCUT2D eigenvalue weighted by Crippen LogP contribution is 2.14. The van der Waals surface area contributed by atoms with Crippen LogP contribution in [0.3, 0.4) is 0 Å². The Labute approximate surface area is 61.8 Å². The Morgan fingerprint density at radius 1 is 1.78 bits per heavy atom. The summed E-state index contributed by atoms with van der Waals surface area (Å²) in [5.74, 6) is 0.715. The van der Waals surface area contributed by atoms with E-state index in [1.54, 1.807) is 0 Å². The first kappa shape index (κ1) is 7.38. The van der Waals surface area contributed by atoms with E-state index in [1.807, 2.05) is 0 Å². The van der Waals surface area contributed by atoms with Gasteiger partial charge in [0.15, 0.2) is 0 Å². The Kier molecular flexibility index (Phi) is 2.82. The molecule has 1 fully saturated rings. The van der Waals surface area contributed by atoms with Crippen molar-refractivity contribution in [2.75, 3.05) is 26.7 Å². The minimum atomic E-state index is 0.715. The van der Waals surface area contributed by atoms with E-state index in [-0.39, 0.29) is 0 Å². The first-order valence-electron chi connectivity index (χ1n) is 3.28. The molecule has 1 rings (SSSR count). The van der Waals surface area contributed by atoms with Crippen LogP contribution < -0.4 is 0 Å². The van der Waals surface area contributed by atoms with Gasteiger partial charge in [-0.1, -0.05) is 0 Å². The summed E-state index contributed by atoms with van der Waals surface area (Å²) >= 11 is 3.71. The van der Waals surface area contributed by atoms with Crippen LogP contribution in [0, 0.1) is 5.92 Å². The summed E-state index contributed by atoms with van der Waals surface area (Å²) in [5.41, 5.74) is 0. The van der Waals surface area contributed by atoms with E-state index in [1.165, 1.54) is 19.5 Å². The second-order valence-electron chi connectivity index (χ2n) is 2.71. The van der Waals surface area contributed by atoms with Gasteiger partial charge in [0, 0.05) is 6.54 Å². The summed E-state index contributed by atoms with van der Waals surface area (Å²) in [7, 11) is 2.14. The zero-order valence-electron chi connectivity index (χ0n) is 5.71. The Morgan fingerprint density at radius 2 is 2.56 bits per heavy atom.